The summed E-state index contributed by atoms with van der Waals surface area (Å²) in [5.41, 5.74) is -10.2. The van der Waals surface area contributed by atoms with Crippen molar-refractivity contribution in [2.75, 3.05) is 0 Å². The third-order valence-electron chi connectivity index (χ3n) is 0.378. The first-order valence-corrected chi connectivity index (χ1v) is 4.36. The first-order valence-electron chi connectivity index (χ1n) is 2.21. The zero-order chi connectivity index (χ0) is 12.2. The van der Waals surface area contributed by atoms with Crippen LogP contribution in [0, 0.1) is 0 Å². The molecular formula is C2CuF6O4S2-2. The van der Waals surface area contributed by atoms with Gasteiger partial charge in [-0.2, -0.15) is 26.3 Å². The number of halogens is 6. The van der Waals surface area contributed by atoms with Crippen LogP contribution in [0.5, 0.6) is 0 Å². The van der Waals surface area contributed by atoms with Gasteiger partial charge in [0.1, 0.15) is 0 Å². The van der Waals surface area contributed by atoms with Crippen molar-refractivity contribution >= 4 is 22.2 Å². The molecule has 0 amide bonds. The van der Waals surface area contributed by atoms with Crippen molar-refractivity contribution in [2.45, 2.75) is 11.0 Å². The van der Waals surface area contributed by atoms with Crippen LogP contribution in [-0.4, -0.2) is 28.5 Å². The Morgan fingerprint density at radius 2 is 0.800 bits per heavy atom. The molecule has 0 bridgehead atoms. The smallest absolute Gasteiger partial charge is 0.458 e. The Bertz CT molecular complexity index is 200. The van der Waals surface area contributed by atoms with Crippen molar-refractivity contribution in [1.29, 1.82) is 0 Å². The molecule has 0 N–H and O–H groups in total. The second-order valence-corrected chi connectivity index (χ2v) is 3.23. The molecule has 4 nitrogen and oxygen atoms in total. The van der Waals surface area contributed by atoms with E-state index in [0.29, 0.717) is 0 Å². The summed E-state index contributed by atoms with van der Waals surface area (Å²) in [4.78, 5) is 0. The maximum absolute atomic E-state index is 10.6. The molecule has 1 radical (unpaired) electrons. The molecule has 0 aromatic rings. The summed E-state index contributed by atoms with van der Waals surface area (Å²) in [5, 5.41) is 0. The molecular weight excluding hydrogens is 330 g/mol. The van der Waals surface area contributed by atoms with E-state index < -0.39 is 33.2 Å². The van der Waals surface area contributed by atoms with E-state index in [9.17, 15) is 26.3 Å². The van der Waals surface area contributed by atoms with Crippen LogP contribution >= 0.6 is 0 Å². The van der Waals surface area contributed by atoms with E-state index >= 15 is 0 Å². The molecule has 0 saturated heterocycles. The van der Waals surface area contributed by atoms with Crippen molar-refractivity contribution < 1.29 is 60.9 Å². The summed E-state index contributed by atoms with van der Waals surface area (Å²) >= 11 is -7.87. The molecule has 2 unspecified atom stereocenters. The zero-order valence-electron chi connectivity index (χ0n) is 6.02. The van der Waals surface area contributed by atoms with E-state index in [0.717, 1.165) is 0 Å². The molecule has 0 aliphatic rings. The molecule has 13 heteroatoms. The van der Waals surface area contributed by atoms with Crippen molar-refractivity contribution in [3.8, 4) is 0 Å². The Labute approximate surface area is 94.5 Å². The van der Waals surface area contributed by atoms with Crippen molar-refractivity contribution in [3.05, 3.63) is 0 Å². The van der Waals surface area contributed by atoms with E-state index in [-0.39, 0.29) is 17.1 Å². The molecule has 0 rings (SSSR count). The second kappa shape index (κ2) is 7.57. The molecule has 0 aromatic heterocycles. The van der Waals surface area contributed by atoms with Gasteiger partial charge in [-0.05, 0) is 0 Å². The molecule has 0 heterocycles. The van der Waals surface area contributed by atoms with Crippen LogP contribution in [0.4, 0.5) is 26.3 Å². The minimum absolute atomic E-state index is 0. The Balaban J connectivity index is -0.000000180. The molecule has 0 fully saturated rings. The van der Waals surface area contributed by atoms with E-state index in [1.165, 1.54) is 0 Å². The number of rotatable bonds is 0. The maximum atomic E-state index is 10.6. The normalized spacial score (nSPS) is 15.5. The molecule has 99 valence electrons. The fourth-order valence-electron chi connectivity index (χ4n) is 0. The SMILES string of the molecule is O=S([O-])C(F)(F)F.O=S([O-])C(F)(F)F.[Cu]. The fourth-order valence-corrected chi connectivity index (χ4v) is 0. The number of hydrogen-bond donors (Lipinski definition) is 0. The van der Waals surface area contributed by atoms with Gasteiger partial charge in [0.05, 0.1) is 22.2 Å². The fraction of sp³-hybridized carbons (Fsp3) is 1.00. The van der Waals surface area contributed by atoms with Gasteiger partial charge in [0.2, 0.25) is 0 Å². The van der Waals surface area contributed by atoms with Gasteiger partial charge < -0.3 is 9.11 Å². The predicted molar refractivity (Wildman–Crippen MR) is 29.9 cm³/mol. The van der Waals surface area contributed by atoms with Gasteiger partial charge in [-0.3, -0.25) is 8.42 Å². The quantitative estimate of drug-likeness (QED) is 0.373. The molecule has 2 atom stereocenters. The third-order valence-corrected chi connectivity index (χ3v) is 1.13. The van der Waals surface area contributed by atoms with Crippen LogP contribution < -0.4 is 0 Å². The van der Waals surface area contributed by atoms with E-state index in [2.05, 4.69) is 0 Å². The summed E-state index contributed by atoms with van der Waals surface area (Å²) in [6, 6.07) is 0. The summed E-state index contributed by atoms with van der Waals surface area (Å²) in [7, 11) is 0. The van der Waals surface area contributed by atoms with Crippen LogP contribution in [0.3, 0.4) is 0 Å². The van der Waals surface area contributed by atoms with Gasteiger partial charge in [0.25, 0.3) is 0 Å². The van der Waals surface area contributed by atoms with E-state index in [4.69, 9.17) is 17.5 Å². The first kappa shape index (κ1) is 20.7. The van der Waals surface area contributed by atoms with Gasteiger partial charge in [-0.25, -0.2) is 0 Å². The van der Waals surface area contributed by atoms with Gasteiger partial charge in [0, 0.05) is 17.1 Å². The molecule has 15 heavy (non-hydrogen) atoms. The Morgan fingerprint density at radius 1 is 0.733 bits per heavy atom. The van der Waals surface area contributed by atoms with E-state index in [1.54, 1.807) is 0 Å². The van der Waals surface area contributed by atoms with E-state index in [1.807, 2.05) is 0 Å². The zero-order valence-corrected chi connectivity index (χ0v) is 8.59. The first-order chi connectivity index (χ1) is 5.89. The Hall–Kier alpha value is 0.319. The Kier molecular flexibility index (Phi) is 10.4. The number of alkyl halides is 6. The van der Waals surface area contributed by atoms with Gasteiger partial charge in [0.15, 0.2) is 0 Å². The molecule has 0 aromatic carbocycles. The maximum Gasteiger partial charge on any atom is 0.458 e. The average molecular weight is 330 g/mol. The third kappa shape index (κ3) is 14.3. The predicted octanol–water partition coefficient (Wildman–Crippen LogP) is 0.768. The monoisotopic (exact) mass is 329 g/mol. The van der Waals surface area contributed by atoms with Crippen molar-refractivity contribution in [1.82, 2.24) is 0 Å². The molecule has 0 saturated carbocycles. The second-order valence-electron chi connectivity index (χ2n) is 1.36. The topological polar surface area (TPSA) is 80.3 Å². The average Bonchev–Trinajstić information content (AvgIpc) is 1.83. The summed E-state index contributed by atoms with van der Waals surface area (Å²) in [6.45, 7) is 0. The van der Waals surface area contributed by atoms with Crippen LogP contribution in [0.1, 0.15) is 0 Å². The minimum Gasteiger partial charge on any atom is -0.766 e. The van der Waals surface area contributed by atoms with Gasteiger partial charge in [-0.15, -0.1) is 0 Å². The Morgan fingerprint density at radius 3 is 0.800 bits per heavy atom. The number of hydrogen-bond acceptors (Lipinski definition) is 4. The summed E-state index contributed by atoms with van der Waals surface area (Å²) in [5.74, 6) is 0. The molecule has 0 aliphatic heterocycles. The summed E-state index contributed by atoms with van der Waals surface area (Å²) in [6.07, 6.45) is 0. The van der Waals surface area contributed by atoms with Gasteiger partial charge >= 0.3 is 11.0 Å². The molecule has 0 spiro atoms. The molecule has 0 aliphatic carbocycles. The largest absolute Gasteiger partial charge is 0.766 e. The summed E-state index contributed by atoms with van der Waals surface area (Å²) < 4.78 is 99.0. The van der Waals surface area contributed by atoms with Crippen LogP contribution in [0.25, 0.3) is 0 Å². The van der Waals surface area contributed by atoms with Gasteiger partial charge in [-0.1, -0.05) is 0 Å². The van der Waals surface area contributed by atoms with Crippen LogP contribution in [0.15, 0.2) is 0 Å². The van der Waals surface area contributed by atoms with Crippen LogP contribution in [-0.2, 0) is 39.2 Å². The minimum atomic E-state index is -5.08. The van der Waals surface area contributed by atoms with Crippen molar-refractivity contribution in [2.24, 2.45) is 0 Å². The standard InChI is InChI=1S/2CHF3O2S.Cu/c2*2-1(3,4)7(5)6;/h2*(H,5,6);/p-2. The van der Waals surface area contributed by atoms with Crippen LogP contribution in [0.2, 0.25) is 0 Å². The van der Waals surface area contributed by atoms with Crippen molar-refractivity contribution in [3.63, 3.8) is 0 Å².